The van der Waals surface area contributed by atoms with Crippen molar-refractivity contribution in [2.75, 3.05) is 19.5 Å². The largest absolute Gasteiger partial charge is 0.494 e. The van der Waals surface area contributed by atoms with E-state index in [0.717, 1.165) is 22.8 Å². The summed E-state index contributed by atoms with van der Waals surface area (Å²) in [5.74, 6) is 1.52. The molecule has 0 radical (unpaired) electrons. The van der Waals surface area contributed by atoms with Crippen molar-refractivity contribution >= 4 is 11.8 Å². The Hall–Kier alpha value is -1.95. The first-order chi connectivity index (χ1) is 11.6. The third kappa shape index (κ3) is 4.32. The van der Waals surface area contributed by atoms with Gasteiger partial charge in [0, 0.05) is 18.1 Å². The minimum absolute atomic E-state index is 0.0810. The van der Waals surface area contributed by atoms with Crippen molar-refractivity contribution in [3.05, 3.63) is 45.4 Å². The van der Waals surface area contributed by atoms with E-state index in [0.29, 0.717) is 36.8 Å². The first-order valence-electron chi connectivity index (χ1n) is 8.17. The highest BCUT2D eigenvalue weighted by Gasteiger charge is 2.14. The fourth-order valence-electron chi connectivity index (χ4n) is 2.51. The van der Waals surface area contributed by atoms with Crippen molar-refractivity contribution in [1.82, 2.24) is 9.97 Å². The molecule has 24 heavy (non-hydrogen) atoms. The van der Waals surface area contributed by atoms with Crippen LogP contribution in [0.25, 0.3) is 0 Å². The van der Waals surface area contributed by atoms with Gasteiger partial charge in [0.2, 0.25) is 0 Å². The molecule has 0 amide bonds. The summed E-state index contributed by atoms with van der Waals surface area (Å²) in [5.41, 5.74) is 2.40. The Labute approximate surface area is 146 Å². The van der Waals surface area contributed by atoms with E-state index in [1.54, 1.807) is 0 Å². The Bertz CT molecular complexity index is 744. The number of thioether (sulfide) groups is 1. The number of hydrogen-bond donors (Lipinski definition) is 1. The zero-order valence-corrected chi connectivity index (χ0v) is 15.5. The first-order valence-corrected chi connectivity index (χ1v) is 9.39. The monoisotopic (exact) mass is 348 g/mol. The van der Waals surface area contributed by atoms with Crippen LogP contribution in [-0.2, 0) is 12.8 Å². The van der Waals surface area contributed by atoms with Gasteiger partial charge in [0.15, 0.2) is 5.16 Å². The highest BCUT2D eigenvalue weighted by Crippen LogP contribution is 2.27. The molecule has 0 unspecified atom stereocenters. The van der Waals surface area contributed by atoms with Crippen LogP contribution in [0, 0.1) is 0 Å². The number of nitrogens with one attached hydrogen (secondary N) is 1. The minimum Gasteiger partial charge on any atom is -0.494 e. The number of benzene rings is 1. The van der Waals surface area contributed by atoms with Gasteiger partial charge in [-0.15, -0.1) is 0 Å². The Morgan fingerprint density at radius 3 is 2.54 bits per heavy atom. The minimum atomic E-state index is -0.0810. The summed E-state index contributed by atoms with van der Waals surface area (Å²) in [7, 11) is 0. The number of rotatable bonds is 8. The number of aromatic amines is 1. The molecule has 1 N–H and O–H groups in total. The Kier molecular flexibility index (Phi) is 6.73. The van der Waals surface area contributed by atoms with Crippen molar-refractivity contribution in [1.29, 1.82) is 0 Å². The molecule has 5 nitrogen and oxygen atoms in total. The molecule has 0 saturated heterocycles. The lowest BCUT2D eigenvalue weighted by Crippen LogP contribution is -2.19. The number of H-pyrrole nitrogens is 1. The van der Waals surface area contributed by atoms with Crippen molar-refractivity contribution in [3.63, 3.8) is 0 Å². The van der Waals surface area contributed by atoms with Gasteiger partial charge in [0.25, 0.3) is 5.56 Å². The smallest absolute Gasteiger partial charge is 0.255 e. The fourth-order valence-corrected chi connectivity index (χ4v) is 2.91. The van der Waals surface area contributed by atoms with Gasteiger partial charge in [-0.3, -0.25) is 4.79 Å². The molecule has 0 fully saturated rings. The lowest BCUT2D eigenvalue weighted by Gasteiger charge is -2.14. The van der Waals surface area contributed by atoms with Crippen LogP contribution in [0.5, 0.6) is 11.5 Å². The van der Waals surface area contributed by atoms with E-state index in [1.165, 1.54) is 11.8 Å². The van der Waals surface area contributed by atoms with Crippen LogP contribution in [0.4, 0.5) is 0 Å². The molecule has 1 heterocycles. The molecule has 6 heteroatoms. The number of ether oxygens (including phenoxy) is 2. The van der Waals surface area contributed by atoms with E-state index < -0.39 is 0 Å². The number of aromatic nitrogens is 2. The summed E-state index contributed by atoms with van der Waals surface area (Å²) in [5, 5.41) is 0.650. The van der Waals surface area contributed by atoms with Crippen LogP contribution in [0.15, 0.2) is 28.2 Å². The zero-order valence-electron chi connectivity index (χ0n) is 14.6. The molecule has 130 valence electrons. The van der Waals surface area contributed by atoms with Gasteiger partial charge < -0.3 is 14.5 Å². The van der Waals surface area contributed by atoms with E-state index in [1.807, 2.05) is 45.2 Å². The van der Waals surface area contributed by atoms with E-state index in [-0.39, 0.29) is 5.56 Å². The molecule has 1 aromatic carbocycles. The van der Waals surface area contributed by atoms with Crippen molar-refractivity contribution in [2.45, 2.75) is 38.8 Å². The van der Waals surface area contributed by atoms with Gasteiger partial charge in [-0.05, 0) is 38.2 Å². The highest BCUT2D eigenvalue weighted by atomic mass is 32.2. The maximum absolute atomic E-state index is 12.4. The van der Waals surface area contributed by atoms with Crippen LogP contribution in [0.1, 0.15) is 37.6 Å². The molecule has 0 aliphatic heterocycles. The number of aryl methyl sites for hydroxylation is 1. The van der Waals surface area contributed by atoms with Crippen LogP contribution >= 0.6 is 11.8 Å². The summed E-state index contributed by atoms with van der Waals surface area (Å²) < 4.78 is 11.3. The van der Waals surface area contributed by atoms with Gasteiger partial charge in [0.05, 0.1) is 18.9 Å². The maximum Gasteiger partial charge on any atom is 0.255 e. The summed E-state index contributed by atoms with van der Waals surface area (Å²) in [4.78, 5) is 19.8. The van der Waals surface area contributed by atoms with Crippen LogP contribution in [-0.4, -0.2) is 29.4 Å². The normalized spacial score (nSPS) is 10.7. The van der Waals surface area contributed by atoms with Gasteiger partial charge in [-0.1, -0.05) is 24.8 Å². The fraction of sp³-hybridized carbons (Fsp3) is 0.444. The lowest BCUT2D eigenvalue weighted by atomic mass is 10.0. The molecule has 2 aromatic rings. The van der Waals surface area contributed by atoms with Crippen LogP contribution in [0.3, 0.4) is 0 Å². The molecule has 0 bridgehead atoms. The van der Waals surface area contributed by atoms with Gasteiger partial charge in [-0.2, -0.15) is 0 Å². The summed E-state index contributed by atoms with van der Waals surface area (Å²) in [6.45, 7) is 7.06. The average molecular weight is 348 g/mol. The topological polar surface area (TPSA) is 64.2 Å². The molecule has 2 rings (SSSR count). The molecule has 0 saturated carbocycles. The summed E-state index contributed by atoms with van der Waals surface area (Å²) >= 11 is 1.44. The molecular formula is C18H24N2O3S. The highest BCUT2D eigenvalue weighted by molar-refractivity contribution is 7.98. The van der Waals surface area contributed by atoms with Crippen molar-refractivity contribution in [3.8, 4) is 11.5 Å². The van der Waals surface area contributed by atoms with Gasteiger partial charge >= 0.3 is 0 Å². The molecule has 0 spiro atoms. The summed E-state index contributed by atoms with van der Waals surface area (Å²) in [6, 6.07) is 5.74. The van der Waals surface area contributed by atoms with Gasteiger partial charge in [0.1, 0.15) is 11.5 Å². The van der Waals surface area contributed by atoms with Crippen LogP contribution < -0.4 is 15.0 Å². The number of nitrogens with zero attached hydrogens (tertiary/aromatic N) is 1. The molecule has 0 aliphatic rings. The third-order valence-electron chi connectivity index (χ3n) is 3.62. The maximum atomic E-state index is 12.4. The predicted octanol–water partition coefficient (Wildman–Crippen LogP) is 3.44. The lowest BCUT2D eigenvalue weighted by molar-refractivity contribution is 0.321. The van der Waals surface area contributed by atoms with Crippen LogP contribution in [0.2, 0.25) is 0 Å². The zero-order chi connectivity index (χ0) is 17.5. The molecule has 1 aromatic heterocycles. The molecule has 0 aliphatic carbocycles. The second-order valence-corrected chi connectivity index (χ2v) is 5.96. The van der Waals surface area contributed by atoms with E-state index in [4.69, 9.17) is 9.47 Å². The van der Waals surface area contributed by atoms with Crippen molar-refractivity contribution < 1.29 is 9.47 Å². The first kappa shape index (κ1) is 18.4. The van der Waals surface area contributed by atoms with E-state index in [9.17, 15) is 4.79 Å². The summed E-state index contributed by atoms with van der Waals surface area (Å²) in [6.07, 6.45) is 3.10. The van der Waals surface area contributed by atoms with Gasteiger partial charge in [-0.25, -0.2) is 4.98 Å². The molecular weight excluding hydrogens is 324 g/mol. The number of hydrogen-bond acceptors (Lipinski definition) is 5. The predicted molar refractivity (Wildman–Crippen MR) is 97.6 cm³/mol. The Balaban J connectivity index is 2.42. The standard InChI is InChI=1S/C18H24N2O3S/c1-5-15-14(17(21)20-18(19-15)24-4)10-12-8-9-13(22-6-2)11-16(12)23-7-3/h8-9,11H,5-7,10H2,1-4H3,(H,19,20,21). The Morgan fingerprint density at radius 1 is 1.17 bits per heavy atom. The van der Waals surface area contributed by atoms with E-state index >= 15 is 0 Å². The van der Waals surface area contributed by atoms with E-state index in [2.05, 4.69) is 9.97 Å². The SMILES string of the molecule is CCOc1ccc(Cc2c(CC)nc(SC)[nH]c2=O)c(OCC)c1. The average Bonchev–Trinajstić information content (AvgIpc) is 2.58. The molecule has 0 atom stereocenters. The second kappa shape index (κ2) is 8.78. The quantitative estimate of drug-likeness (QED) is 0.585. The Morgan fingerprint density at radius 2 is 1.92 bits per heavy atom. The second-order valence-electron chi connectivity index (χ2n) is 5.17. The third-order valence-corrected chi connectivity index (χ3v) is 4.20. The van der Waals surface area contributed by atoms with Crippen molar-refractivity contribution in [2.24, 2.45) is 0 Å².